The standard InChI is InChI=1S/C14H21NO2/c1-11(15-8-4-3-5-9-15)12-6-7-13(16)14(10-12)17-2/h6-7,10-11,16H,3-5,8-9H2,1-2H3. The van der Waals surface area contributed by atoms with E-state index < -0.39 is 0 Å². The molecule has 1 aliphatic rings. The molecular weight excluding hydrogens is 214 g/mol. The third kappa shape index (κ3) is 2.72. The highest BCUT2D eigenvalue weighted by Crippen LogP contribution is 2.31. The summed E-state index contributed by atoms with van der Waals surface area (Å²) < 4.78 is 5.15. The minimum absolute atomic E-state index is 0.210. The van der Waals surface area contributed by atoms with Gasteiger partial charge in [0.2, 0.25) is 0 Å². The lowest BCUT2D eigenvalue weighted by Crippen LogP contribution is -2.32. The van der Waals surface area contributed by atoms with Crippen LogP contribution in [0, 0.1) is 0 Å². The summed E-state index contributed by atoms with van der Waals surface area (Å²) in [5.41, 5.74) is 1.21. The summed E-state index contributed by atoms with van der Waals surface area (Å²) in [5.74, 6) is 0.772. The molecule has 0 aromatic heterocycles. The van der Waals surface area contributed by atoms with Gasteiger partial charge < -0.3 is 9.84 Å². The molecular formula is C14H21NO2. The summed E-state index contributed by atoms with van der Waals surface area (Å²) in [4.78, 5) is 2.50. The molecule has 1 N–H and O–H groups in total. The van der Waals surface area contributed by atoms with Crippen molar-refractivity contribution in [3.05, 3.63) is 23.8 Å². The van der Waals surface area contributed by atoms with Crippen molar-refractivity contribution in [2.75, 3.05) is 20.2 Å². The highest BCUT2D eigenvalue weighted by molar-refractivity contribution is 5.42. The highest BCUT2D eigenvalue weighted by Gasteiger charge is 2.18. The summed E-state index contributed by atoms with van der Waals surface area (Å²) in [5, 5.41) is 9.59. The van der Waals surface area contributed by atoms with E-state index in [1.165, 1.54) is 37.9 Å². The Kier molecular flexibility index (Phi) is 3.89. The largest absolute Gasteiger partial charge is 0.504 e. The van der Waals surface area contributed by atoms with Gasteiger partial charge >= 0.3 is 0 Å². The van der Waals surface area contributed by atoms with Gasteiger partial charge in [0.1, 0.15) is 0 Å². The third-order valence-electron chi connectivity index (χ3n) is 3.62. The second-order valence-electron chi connectivity index (χ2n) is 4.70. The summed E-state index contributed by atoms with van der Waals surface area (Å²) in [7, 11) is 1.59. The van der Waals surface area contributed by atoms with Gasteiger partial charge in [0.25, 0.3) is 0 Å². The van der Waals surface area contributed by atoms with E-state index in [2.05, 4.69) is 11.8 Å². The van der Waals surface area contributed by atoms with Gasteiger partial charge in [-0.1, -0.05) is 12.5 Å². The quantitative estimate of drug-likeness (QED) is 0.874. The number of hydrogen-bond donors (Lipinski definition) is 1. The Morgan fingerprint density at radius 1 is 1.24 bits per heavy atom. The fourth-order valence-corrected chi connectivity index (χ4v) is 2.47. The first kappa shape index (κ1) is 12.2. The Morgan fingerprint density at radius 2 is 1.94 bits per heavy atom. The monoisotopic (exact) mass is 235 g/mol. The molecule has 1 aromatic rings. The zero-order valence-electron chi connectivity index (χ0n) is 10.6. The summed E-state index contributed by atoms with van der Waals surface area (Å²) in [6.07, 6.45) is 3.93. The SMILES string of the molecule is COc1cc(C(C)N2CCCCC2)ccc1O. The molecule has 0 spiro atoms. The van der Waals surface area contributed by atoms with Gasteiger partial charge in [-0.05, 0) is 50.6 Å². The first-order valence-electron chi connectivity index (χ1n) is 6.33. The second kappa shape index (κ2) is 5.41. The fourth-order valence-electron chi connectivity index (χ4n) is 2.47. The Hall–Kier alpha value is -1.22. The van der Waals surface area contributed by atoms with Gasteiger partial charge in [-0.2, -0.15) is 0 Å². The maximum Gasteiger partial charge on any atom is 0.160 e. The van der Waals surface area contributed by atoms with Crippen LogP contribution < -0.4 is 4.74 Å². The lowest BCUT2D eigenvalue weighted by Gasteiger charge is -2.32. The zero-order chi connectivity index (χ0) is 12.3. The number of piperidine rings is 1. The fraction of sp³-hybridized carbons (Fsp3) is 0.571. The number of nitrogens with zero attached hydrogens (tertiary/aromatic N) is 1. The average Bonchev–Trinajstić information content (AvgIpc) is 2.39. The van der Waals surface area contributed by atoms with Gasteiger partial charge in [0.15, 0.2) is 11.5 Å². The maximum atomic E-state index is 9.59. The van der Waals surface area contributed by atoms with E-state index >= 15 is 0 Å². The van der Waals surface area contributed by atoms with Crippen LogP contribution in [-0.4, -0.2) is 30.2 Å². The first-order valence-corrected chi connectivity index (χ1v) is 6.33. The minimum Gasteiger partial charge on any atom is -0.504 e. The average molecular weight is 235 g/mol. The molecule has 3 nitrogen and oxygen atoms in total. The van der Waals surface area contributed by atoms with E-state index in [1.807, 2.05) is 12.1 Å². The van der Waals surface area contributed by atoms with Crippen LogP contribution in [0.3, 0.4) is 0 Å². The van der Waals surface area contributed by atoms with E-state index in [4.69, 9.17) is 4.74 Å². The molecule has 1 atom stereocenters. The van der Waals surface area contributed by atoms with Crippen LogP contribution in [-0.2, 0) is 0 Å². The van der Waals surface area contributed by atoms with Gasteiger partial charge in [0.05, 0.1) is 7.11 Å². The minimum atomic E-state index is 0.210. The van der Waals surface area contributed by atoms with Crippen molar-refractivity contribution in [2.45, 2.75) is 32.2 Å². The molecule has 0 saturated carbocycles. The lowest BCUT2D eigenvalue weighted by atomic mass is 10.0. The predicted octanol–water partition coefficient (Wildman–Crippen LogP) is 2.95. The number of hydrogen-bond acceptors (Lipinski definition) is 3. The van der Waals surface area contributed by atoms with Crippen molar-refractivity contribution in [3.63, 3.8) is 0 Å². The summed E-state index contributed by atoms with van der Waals surface area (Å²) in [6.45, 7) is 4.56. The summed E-state index contributed by atoms with van der Waals surface area (Å²) in [6, 6.07) is 6.03. The van der Waals surface area contributed by atoms with Crippen molar-refractivity contribution in [1.82, 2.24) is 4.90 Å². The van der Waals surface area contributed by atoms with Gasteiger partial charge in [0, 0.05) is 6.04 Å². The highest BCUT2D eigenvalue weighted by atomic mass is 16.5. The second-order valence-corrected chi connectivity index (χ2v) is 4.70. The maximum absolute atomic E-state index is 9.59. The number of phenols is 1. The van der Waals surface area contributed by atoms with E-state index in [0.29, 0.717) is 11.8 Å². The molecule has 17 heavy (non-hydrogen) atoms. The summed E-state index contributed by atoms with van der Waals surface area (Å²) >= 11 is 0. The molecule has 0 bridgehead atoms. The third-order valence-corrected chi connectivity index (χ3v) is 3.62. The number of benzene rings is 1. The zero-order valence-corrected chi connectivity index (χ0v) is 10.6. The van der Waals surface area contributed by atoms with Gasteiger partial charge in [-0.3, -0.25) is 4.90 Å². The van der Waals surface area contributed by atoms with Crippen molar-refractivity contribution in [1.29, 1.82) is 0 Å². The van der Waals surface area contributed by atoms with Gasteiger partial charge in [-0.25, -0.2) is 0 Å². The number of aromatic hydroxyl groups is 1. The molecule has 2 rings (SSSR count). The molecule has 0 aliphatic carbocycles. The van der Waals surface area contributed by atoms with Crippen LogP contribution in [0.4, 0.5) is 0 Å². The van der Waals surface area contributed by atoms with Crippen LogP contribution in [0.25, 0.3) is 0 Å². The van der Waals surface area contributed by atoms with Crippen LogP contribution >= 0.6 is 0 Å². The van der Waals surface area contributed by atoms with E-state index in [1.54, 1.807) is 13.2 Å². The normalized spacial score (nSPS) is 18.9. The molecule has 1 unspecified atom stereocenters. The Labute approximate surface area is 103 Å². The lowest BCUT2D eigenvalue weighted by molar-refractivity contribution is 0.174. The predicted molar refractivity (Wildman–Crippen MR) is 68.5 cm³/mol. The number of methoxy groups -OCH3 is 1. The number of likely N-dealkylation sites (tertiary alicyclic amines) is 1. The smallest absolute Gasteiger partial charge is 0.160 e. The number of phenolic OH excluding ortho intramolecular Hbond substituents is 1. The molecule has 1 aliphatic heterocycles. The van der Waals surface area contributed by atoms with Crippen molar-refractivity contribution >= 4 is 0 Å². The molecule has 1 saturated heterocycles. The topological polar surface area (TPSA) is 32.7 Å². The molecule has 0 amide bonds. The first-order chi connectivity index (χ1) is 8.22. The molecule has 1 aromatic carbocycles. The van der Waals surface area contributed by atoms with Crippen molar-refractivity contribution in [2.24, 2.45) is 0 Å². The Morgan fingerprint density at radius 3 is 2.59 bits per heavy atom. The van der Waals surface area contributed by atoms with E-state index in [-0.39, 0.29) is 5.75 Å². The molecule has 3 heteroatoms. The van der Waals surface area contributed by atoms with Crippen molar-refractivity contribution in [3.8, 4) is 11.5 Å². The number of ether oxygens (including phenoxy) is 1. The van der Waals surface area contributed by atoms with Crippen LogP contribution in [0.15, 0.2) is 18.2 Å². The Bertz CT molecular complexity index is 372. The molecule has 1 fully saturated rings. The van der Waals surface area contributed by atoms with Crippen LogP contribution in [0.5, 0.6) is 11.5 Å². The molecule has 94 valence electrons. The molecule has 1 heterocycles. The van der Waals surface area contributed by atoms with E-state index in [9.17, 15) is 5.11 Å². The molecule has 0 radical (unpaired) electrons. The Balaban J connectivity index is 2.15. The van der Waals surface area contributed by atoms with Gasteiger partial charge in [-0.15, -0.1) is 0 Å². The van der Waals surface area contributed by atoms with Crippen LogP contribution in [0.1, 0.15) is 37.8 Å². The number of rotatable bonds is 3. The van der Waals surface area contributed by atoms with Crippen LogP contribution in [0.2, 0.25) is 0 Å². The van der Waals surface area contributed by atoms with E-state index in [0.717, 1.165) is 0 Å². The van der Waals surface area contributed by atoms with Crippen molar-refractivity contribution < 1.29 is 9.84 Å².